The van der Waals surface area contributed by atoms with E-state index in [1.165, 1.54) is 18.4 Å². The average Bonchev–Trinajstić information content (AvgIpc) is 3.17. The average molecular weight is 246 g/mol. The van der Waals surface area contributed by atoms with Crippen molar-refractivity contribution in [3.05, 3.63) is 35.9 Å². The molecule has 2 nitrogen and oxygen atoms in total. The van der Waals surface area contributed by atoms with Crippen LogP contribution in [0, 0.1) is 5.92 Å². The summed E-state index contributed by atoms with van der Waals surface area (Å²) >= 11 is 0. The lowest BCUT2D eigenvalue weighted by atomic mass is 10.1. The van der Waals surface area contributed by atoms with Crippen molar-refractivity contribution >= 4 is 0 Å². The van der Waals surface area contributed by atoms with Crippen LogP contribution in [-0.4, -0.2) is 25.7 Å². The molecular weight excluding hydrogens is 220 g/mol. The van der Waals surface area contributed by atoms with Crippen LogP contribution < -0.4 is 10.6 Å². The first-order valence-corrected chi connectivity index (χ1v) is 7.30. The molecule has 2 rings (SSSR count). The van der Waals surface area contributed by atoms with Crippen molar-refractivity contribution in [2.24, 2.45) is 5.92 Å². The molecule has 1 aliphatic carbocycles. The van der Waals surface area contributed by atoms with E-state index in [1.807, 2.05) is 0 Å². The van der Waals surface area contributed by atoms with Gasteiger partial charge in [-0.15, -0.1) is 0 Å². The van der Waals surface area contributed by atoms with Gasteiger partial charge in [-0.05, 0) is 50.3 Å². The molecule has 18 heavy (non-hydrogen) atoms. The molecule has 0 amide bonds. The minimum Gasteiger partial charge on any atom is -0.315 e. The highest BCUT2D eigenvalue weighted by Crippen LogP contribution is 2.46. The number of benzene rings is 1. The van der Waals surface area contributed by atoms with Crippen LogP contribution in [0.1, 0.15) is 38.2 Å². The van der Waals surface area contributed by atoms with Crippen LogP contribution in [0.15, 0.2) is 30.3 Å². The number of hydrogen-bond donors (Lipinski definition) is 2. The van der Waals surface area contributed by atoms with Crippen molar-refractivity contribution in [3.8, 4) is 0 Å². The maximum absolute atomic E-state index is 3.64. The smallest absolute Gasteiger partial charge is 0.0164 e. The van der Waals surface area contributed by atoms with Crippen LogP contribution in [0.4, 0.5) is 0 Å². The number of rotatable bonds is 8. The third-order valence-electron chi connectivity index (χ3n) is 3.76. The third-order valence-corrected chi connectivity index (χ3v) is 3.76. The van der Waals surface area contributed by atoms with Gasteiger partial charge in [-0.1, -0.05) is 37.3 Å². The van der Waals surface area contributed by atoms with Crippen molar-refractivity contribution < 1.29 is 0 Å². The van der Waals surface area contributed by atoms with Crippen LogP contribution in [0.2, 0.25) is 0 Å². The first-order chi connectivity index (χ1) is 8.81. The van der Waals surface area contributed by atoms with E-state index in [0.717, 1.165) is 31.5 Å². The SMILES string of the molecule is CCCNCC(C)NCC1CC1c1ccccc1. The molecule has 1 fully saturated rings. The lowest BCUT2D eigenvalue weighted by molar-refractivity contribution is 0.487. The first kappa shape index (κ1) is 13.6. The molecule has 100 valence electrons. The fraction of sp³-hybridized carbons (Fsp3) is 0.625. The molecule has 1 saturated carbocycles. The standard InChI is InChI=1S/C16H26N2/c1-3-9-17-11-13(2)18-12-15-10-16(15)14-7-5-4-6-8-14/h4-8,13,15-18H,3,9-12H2,1-2H3. The fourth-order valence-corrected chi connectivity index (χ4v) is 2.50. The Kier molecular flexibility index (Phi) is 5.21. The molecule has 1 aromatic carbocycles. The van der Waals surface area contributed by atoms with E-state index in [0.29, 0.717) is 6.04 Å². The summed E-state index contributed by atoms with van der Waals surface area (Å²) in [7, 11) is 0. The third kappa shape index (κ3) is 4.11. The Morgan fingerprint density at radius 3 is 2.78 bits per heavy atom. The van der Waals surface area contributed by atoms with Crippen molar-refractivity contribution in [1.29, 1.82) is 0 Å². The zero-order chi connectivity index (χ0) is 12.8. The van der Waals surface area contributed by atoms with Gasteiger partial charge in [0.25, 0.3) is 0 Å². The van der Waals surface area contributed by atoms with E-state index < -0.39 is 0 Å². The molecular formula is C16H26N2. The summed E-state index contributed by atoms with van der Waals surface area (Å²) in [4.78, 5) is 0. The molecule has 0 saturated heterocycles. The molecule has 2 heteroatoms. The summed E-state index contributed by atoms with van der Waals surface area (Å²) in [6.45, 7) is 7.84. The lowest BCUT2D eigenvalue weighted by Gasteiger charge is -2.14. The van der Waals surface area contributed by atoms with E-state index in [-0.39, 0.29) is 0 Å². The summed E-state index contributed by atoms with van der Waals surface area (Å²) in [5.41, 5.74) is 1.51. The van der Waals surface area contributed by atoms with E-state index in [4.69, 9.17) is 0 Å². The molecule has 0 spiro atoms. The Labute approximate surface area is 111 Å². The molecule has 1 aliphatic rings. The highest BCUT2D eigenvalue weighted by molar-refractivity contribution is 5.25. The fourth-order valence-electron chi connectivity index (χ4n) is 2.50. The van der Waals surface area contributed by atoms with Crippen molar-refractivity contribution in [1.82, 2.24) is 10.6 Å². The molecule has 0 aliphatic heterocycles. The van der Waals surface area contributed by atoms with Gasteiger partial charge < -0.3 is 10.6 Å². The van der Waals surface area contributed by atoms with Crippen LogP contribution >= 0.6 is 0 Å². The second-order valence-electron chi connectivity index (χ2n) is 5.53. The van der Waals surface area contributed by atoms with Gasteiger partial charge in [0.1, 0.15) is 0 Å². The van der Waals surface area contributed by atoms with Crippen LogP contribution in [0.3, 0.4) is 0 Å². The zero-order valence-corrected chi connectivity index (χ0v) is 11.7. The summed E-state index contributed by atoms with van der Waals surface area (Å²) in [6.07, 6.45) is 2.57. The van der Waals surface area contributed by atoms with Gasteiger partial charge in [-0.3, -0.25) is 0 Å². The molecule has 0 aromatic heterocycles. The van der Waals surface area contributed by atoms with Crippen LogP contribution in [0.25, 0.3) is 0 Å². The predicted molar refractivity (Wildman–Crippen MR) is 77.9 cm³/mol. The van der Waals surface area contributed by atoms with Gasteiger partial charge in [-0.2, -0.15) is 0 Å². The minimum absolute atomic E-state index is 0.577. The highest BCUT2D eigenvalue weighted by Gasteiger charge is 2.37. The molecule has 3 atom stereocenters. The van der Waals surface area contributed by atoms with Crippen molar-refractivity contribution in [3.63, 3.8) is 0 Å². The largest absolute Gasteiger partial charge is 0.315 e. The van der Waals surface area contributed by atoms with Crippen molar-refractivity contribution in [2.75, 3.05) is 19.6 Å². The van der Waals surface area contributed by atoms with E-state index in [9.17, 15) is 0 Å². The quantitative estimate of drug-likeness (QED) is 0.689. The normalized spacial score (nSPS) is 23.9. The minimum atomic E-state index is 0.577. The molecule has 0 radical (unpaired) electrons. The van der Waals surface area contributed by atoms with Gasteiger partial charge >= 0.3 is 0 Å². The summed E-state index contributed by atoms with van der Waals surface area (Å²) in [5.74, 6) is 1.65. The Bertz CT molecular complexity index is 336. The van der Waals surface area contributed by atoms with Crippen molar-refractivity contribution in [2.45, 2.75) is 38.6 Å². The number of hydrogen-bond acceptors (Lipinski definition) is 2. The Morgan fingerprint density at radius 2 is 2.06 bits per heavy atom. The second-order valence-corrected chi connectivity index (χ2v) is 5.53. The zero-order valence-electron chi connectivity index (χ0n) is 11.7. The predicted octanol–water partition coefficient (Wildman–Crippen LogP) is 2.77. The maximum atomic E-state index is 3.64. The molecule has 0 bridgehead atoms. The molecule has 1 aromatic rings. The van der Waals surface area contributed by atoms with E-state index >= 15 is 0 Å². The molecule has 3 unspecified atom stereocenters. The Balaban J connectivity index is 1.62. The lowest BCUT2D eigenvalue weighted by Crippen LogP contribution is -2.37. The topological polar surface area (TPSA) is 24.1 Å². The monoisotopic (exact) mass is 246 g/mol. The second kappa shape index (κ2) is 6.91. The Hall–Kier alpha value is -0.860. The van der Waals surface area contributed by atoms with Gasteiger partial charge in [0.15, 0.2) is 0 Å². The summed E-state index contributed by atoms with van der Waals surface area (Å²) < 4.78 is 0. The van der Waals surface area contributed by atoms with Gasteiger partial charge in [-0.25, -0.2) is 0 Å². The van der Waals surface area contributed by atoms with Gasteiger partial charge in [0.05, 0.1) is 0 Å². The highest BCUT2D eigenvalue weighted by atomic mass is 15.0. The Morgan fingerprint density at radius 1 is 1.28 bits per heavy atom. The van der Waals surface area contributed by atoms with Crippen LogP contribution in [-0.2, 0) is 0 Å². The number of nitrogens with one attached hydrogen (secondary N) is 2. The van der Waals surface area contributed by atoms with Crippen LogP contribution in [0.5, 0.6) is 0 Å². The van der Waals surface area contributed by atoms with Gasteiger partial charge in [0, 0.05) is 12.6 Å². The van der Waals surface area contributed by atoms with E-state index in [1.54, 1.807) is 0 Å². The first-order valence-electron chi connectivity index (χ1n) is 7.30. The van der Waals surface area contributed by atoms with E-state index in [2.05, 4.69) is 54.8 Å². The molecule has 0 heterocycles. The summed E-state index contributed by atoms with van der Waals surface area (Å²) in [6, 6.07) is 11.5. The van der Waals surface area contributed by atoms with Gasteiger partial charge in [0.2, 0.25) is 0 Å². The molecule has 2 N–H and O–H groups in total. The maximum Gasteiger partial charge on any atom is 0.0164 e. The summed E-state index contributed by atoms with van der Waals surface area (Å²) in [5, 5.41) is 7.10.